The number of fused-ring (bicyclic) bond motifs is 6. The predicted octanol–water partition coefficient (Wildman–Crippen LogP) is 15.2. The van der Waals surface area contributed by atoms with Crippen LogP contribution in [-0.2, 0) is 5.41 Å². The minimum absolute atomic E-state index is 0.469. The van der Waals surface area contributed by atoms with Gasteiger partial charge in [0.2, 0.25) is 0 Å². The molecule has 0 N–H and O–H groups in total. The molecule has 0 aliphatic heterocycles. The van der Waals surface area contributed by atoms with E-state index >= 15 is 0 Å². The molecule has 0 saturated heterocycles. The summed E-state index contributed by atoms with van der Waals surface area (Å²) in [6.07, 6.45) is 0. The van der Waals surface area contributed by atoms with Gasteiger partial charge in [-0.2, -0.15) is 0 Å². The molecule has 1 aliphatic carbocycles. The highest BCUT2D eigenvalue weighted by Crippen LogP contribution is 2.57. The van der Waals surface area contributed by atoms with Gasteiger partial charge in [-0.1, -0.05) is 176 Å². The molecule has 1 nitrogen and oxygen atoms in total. The van der Waals surface area contributed by atoms with Crippen molar-refractivity contribution in [3.8, 4) is 33.4 Å². The van der Waals surface area contributed by atoms with Crippen LogP contribution in [0.4, 0.5) is 17.1 Å². The van der Waals surface area contributed by atoms with Crippen LogP contribution in [0.1, 0.15) is 22.3 Å². The second-order valence-corrected chi connectivity index (χ2v) is 15.9. The maximum Gasteiger partial charge on any atom is 0.0713 e. The maximum absolute atomic E-state index is 2.50. The molecule has 0 spiro atoms. The Morgan fingerprint density at radius 1 is 0.351 bits per heavy atom. The quantitative estimate of drug-likeness (QED) is 0.157. The van der Waals surface area contributed by atoms with Crippen LogP contribution < -0.4 is 4.90 Å². The Morgan fingerprint density at radius 3 is 1.60 bits per heavy atom. The molecule has 0 amide bonds. The van der Waals surface area contributed by atoms with Gasteiger partial charge in [0.1, 0.15) is 0 Å². The summed E-state index contributed by atoms with van der Waals surface area (Å²) in [6, 6.07) is 82.5. The highest BCUT2D eigenvalue weighted by Gasteiger charge is 2.46. The molecular weight excluding hydrogens is 707 g/mol. The largest absolute Gasteiger partial charge is 0.310 e. The van der Waals surface area contributed by atoms with E-state index in [1.54, 1.807) is 0 Å². The molecule has 0 fully saturated rings. The summed E-state index contributed by atoms with van der Waals surface area (Å²) in [4.78, 5) is 2.45. The van der Waals surface area contributed by atoms with Gasteiger partial charge in [0.15, 0.2) is 0 Å². The normalized spacial score (nSPS) is 12.7. The zero-order chi connectivity index (χ0) is 37.8. The lowest BCUT2D eigenvalue weighted by Crippen LogP contribution is -2.28. The molecule has 268 valence electrons. The molecule has 0 saturated carbocycles. The van der Waals surface area contributed by atoms with Crippen molar-refractivity contribution in [2.75, 3.05) is 4.90 Å². The first kappa shape index (κ1) is 33.3. The predicted molar refractivity (Wildman–Crippen MR) is 242 cm³/mol. The Labute approximate surface area is 337 Å². The summed E-state index contributed by atoms with van der Waals surface area (Å²) in [5.41, 5.74) is 15.5. The van der Waals surface area contributed by atoms with E-state index in [1.165, 1.54) is 75.8 Å². The third-order valence-electron chi connectivity index (χ3n) is 11.8. The van der Waals surface area contributed by atoms with E-state index in [-0.39, 0.29) is 0 Å². The van der Waals surface area contributed by atoms with E-state index in [0.29, 0.717) is 0 Å². The van der Waals surface area contributed by atoms with E-state index in [4.69, 9.17) is 0 Å². The molecule has 0 unspecified atom stereocenters. The fraction of sp³-hybridized carbons (Fsp3) is 0.0182. The Morgan fingerprint density at radius 2 is 0.912 bits per heavy atom. The van der Waals surface area contributed by atoms with Crippen LogP contribution in [-0.4, -0.2) is 0 Å². The summed E-state index contributed by atoms with van der Waals surface area (Å²) < 4.78 is 2.55. The van der Waals surface area contributed by atoms with Crippen molar-refractivity contribution >= 4 is 48.6 Å². The standard InChI is InChI=1S/C55H37NS/c1-4-16-38(17-5-1)40-30-33-44(34-31-40)56(45-23-14-20-41(36-45)39-18-6-2-7-19-39)51-28-15-29-53-54(51)48-37-43(32-35-52(48)57-53)55(42-21-8-3-9-22-42)49-26-12-10-24-46(49)47-25-11-13-27-50(47)55/h1-37H. The molecule has 2 heteroatoms. The third kappa shape index (κ3) is 5.37. The van der Waals surface area contributed by atoms with Crippen LogP contribution in [0.5, 0.6) is 0 Å². The average molecular weight is 744 g/mol. The lowest BCUT2D eigenvalue weighted by molar-refractivity contribution is 0.770. The molecule has 1 aliphatic rings. The minimum Gasteiger partial charge on any atom is -0.310 e. The fourth-order valence-corrected chi connectivity index (χ4v) is 10.4. The number of hydrogen-bond acceptors (Lipinski definition) is 2. The highest BCUT2D eigenvalue weighted by atomic mass is 32.1. The van der Waals surface area contributed by atoms with Crippen LogP contribution in [0.3, 0.4) is 0 Å². The number of nitrogens with zero attached hydrogens (tertiary/aromatic N) is 1. The van der Waals surface area contributed by atoms with Crippen molar-refractivity contribution in [3.63, 3.8) is 0 Å². The van der Waals surface area contributed by atoms with Crippen molar-refractivity contribution in [2.24, 2.45) is 0 Å². The van der Waals surface area contributed by atoms with E-state index in [2.05, 4.69) is 229 Å². The first-order chi connectivity index (χ1) is 28.3. The molecule has 57 heavy (non-hydrogen) atoms. The monoisotopic (exact) mass is 743 g/mol. The van der Waals surface area contributed by atoms with Gasteiger partial charge >= 0.3 is 0 Å². The third-order valence-corrected chi connectivity index (χ3v) is 12.9. The number of thiophene rings is 1. The lowest BCUT2D eigenvalue weighted by atomic mass is 9.67. The number of benzene rings is 9. The number of hydrogen-bond donors (Lipinski definition) is 0. The number of rotatable bonds is 7. The van der Waals surface area contributed by atoms with Gasteiger partial charge in [-0.15, -0.1) is 11.3 Å². The van der Waals surface area contributed by atoms with Crippen LogP contribution in [0.25, 0.3) is 53.6 Å². The summed E-state index contributed by atoms with van der Waals surface area (Å²) in [7, 11) is 0. The summed E-state index contributed by atoms with van der Waals surface area (Å²) >= 11 is 1.87. The summed E-state index contributed by atoms with van der Waals surface area (Å²) in [5, 5.41) is 2.53. The fourth-order valence-electron chi connectivity index (χ4n) is 9.26. The topological polar surface area (TPSA) is 3.24 Å². The molecule has 0 radical (unpaired) electrons. The molecule has 9 aromatic carbocycles. The molecular formula is C55H37NS. The smallest absolute Gasteiger partial charge is 0.0713 e. The average Bonchev–Trinajstić information content (AvgIpc) is 3.82. The molecule has 11 rings (SSSR count). The van der Waals surface area contributed by atoms with E-state index in [9.17, 15) is 0 Å². The maximum atomic E-state index is 2.50. The van der Waals surface area contributed by atoms with Gasteiger partial charge in [0, 0.05) is 31.5 Å². The first-order valence-electron chi connectivity index (χ1n) is 19.6. The SMILES string of the molecule is c1ccc(-c2ccc(N(c3cccc(-c4ccccc4)c3)c3cccc4sc5ccc(C6(c7ccccc7)c7ccccc7-c7ccccc76)cc5c34)cc2)cc1. The van der Waals surface area contributed by atoms with Gasteiger partial charge in [0.05, 0.1) is 11.1 Å². The van der Waals surface area contributed by atoms with Gasteiger partial charge in [-0.05, 0) is 104 Å². The summed E-state index contributed by atoms with van der Waals surface area (Å²) in [5.74, 6) is 0. The molecule has 0 bridgehead atoms. The Bertz CT molecular complexity index is 3010. The van der Waals surface area contributed by atoms with Crippen molar-refractivity contribution in [1.29, 1.82) is 0 Å². The first-order valence-corrected chi connectivity index (χ1v) is 20.4. The van der Waals surface area contributed by atoms with Crippen LogP contribution in [0, 0.1) is 0 Å². The zero-order valence-corrected chi connectivity index (χ0v) is 32.0. The van der Waals surface area contributed by atoms with Crippen molar-refractivity contribution in [1.82, 2.24) is 0 Å². The van der Waals surface area contributed by atoms with Crippen LogP contribution in [0.15, 0.2) is 224 Å². The van der Waals surface area contributed by atoms with E-state index in [0.717, 1.165) is 17.1 Å². The molecule has 0 atom stereocenters. The lowest BCUT2D eigenvalue weighted by Gasteiger charge is -2.34. The van der Waals surface area contributed by atoms with Gasteiger partial charge in [-0.3, -0.25) is 0 Å². The summed E-state index contributed by atoms with van der Waals surface area (Å²) in [6.45, 7) is 0. The Kier molecular flexibility index (Phi) is 7.98. The van der Waals surface area contributed by atoms with Crippen molar-refractivity contribution in [3.05, 3.63) is 247 Å². The molecule has 1 aromatic heterocycles. The highest BCUT2D eigenvalue weighted by molar-refractivity contribution is 7.26. The second kappa shape index (κ2) is 13.6. The molecule has 10 aromatic rings. The van der Waals surface area contributed by atoms with Crippen molar-refractivity contribution in [2.45, 2.75) is 5.41 Å². The van der Waals surface area contributed by atoms with Crippen molar-refractivity contribution < 1.29 is 0 Å². The van der Waals surface area contributed by atoms with Gasteiger partial charge in [-0.25, -0.2) is 0 Å². The molecule has 1 heterocycles. The van der Waals surface area contributed by atoms with E-state index in [1.807, 2.05) is 11.3 Å². The number of anilines is 3. The second-order valence-electron chi connectivity index (χ2n) is 14.8. The van der Waals surface area contributed by atoms with Crippen LogP contribution in [0.2, 0.25) is 0 Å². The Balaban J connectivity index is 1.16. The Hall–Kier alpha value is -7.00. The van der Waals surface area contributed by atoms with E-state index < -0.39 is 5.41 Å². The minimum atomic E-state index is -0.469. The zero-order valence-electron chi connectivity index (χ0n) is 31.2. The van der Waals surface area contributed by atoms with Crippen LogP contribution >= 0.6 is 11.3 Å². The van der Waals surface area contributed by atoms with Gasteiger partial charge in [0.25, 0.3) is 0 Å². The van der Waals surface area contributed by atoms with Gasteiger partial charge < -0.3 is 4.90 Å².